The Hall–Kier alpha value is -2.34. The van der Waals surface area contributed by atoms with Crippen LogP contribution < -0.4 is 4.74 Å². The van der Waals surface area contributed by atoms with Crippen molar-refractivity contribution in [3.8, 4) is 22.9 Å². The highest BCUT2D eigenvalue weighted by atomic mass is 16.5. The number of hydrogen-bond acceptors (Lipinski definition) is 3. The van der Waals surface area contributed by atoms with Crippen LogP contribution in [0.1, 0.15) is 11.3 Å². The summed E-state index contributed by atoms with van der Waals surface area (Å²) in [5.41, 5.74) is 3.35. The molecule has 0 N–H and O–H groups in total. The maximum atomic E-state index is 9.12. The second kappa shape index (κ2) is 4.67. The van der Waals surface area contributed by atoms with Gasteiger partial charge in [-0.1, -0.05) is 6.07 Å². The Morgan fingerprint density at radius 2 is 2.06 bits per heavy atom. The molecule has 0 fully saturated rings. The molecular weight excluding hydrogens is 212 g/mol. The molecule has 1 aromatic heterocycles. The van der Waals surface area contributed by atoms with E-state index >= 15 is 0 Å². The van der Waals surface area contributed by atoms with Crippen LogP contribution in [-0.2, 0) is 0 Å². The lowest BCUT2D eigenvalue weighted by Crippen LogP contribution is -1.91. The smallest absolute Gasteiger partial charge is 0.119 e. The van der Waals surface area contributed by atoms with Gasteiger partial charge in [0.05, 0.1) is 18.7 Å². The van der Waals surface area contributed by atoms with Crippen molar-refractivity contribution in [2.75, 3.05) is 7.11 Å². The molecule has 0 atom stereocenters. The molecule has 2 aromatic rings. The third kappa shape index (κ3) is 2.11. The molecule has 0 saturated carbocycles. The molecule has 84 valence electrons. The fourth-order valence-electron chi connectivity index (χ4n) is 1.74. The fraction of sp³-hybridized carbons (Fsp3) is 0.143. The number of nitrogens with zero attached hydrogens (tertiary/aromatic N) is 2. The number of pyridine rings is 1. The molecule has 0 bridgehead atoms. The Labute approximate surface area is 100 Å². The summed E-state index contributed by atoms with van der Waals surface area (Å²) >= 11 is 0. The van der Waals surface area contributed by atoms with Crippen LogP contribution in [0.4, 0.5) is 0 Å². The largest absolute Gasteiger partial charge is 0.497 e. The van der Waals surface area contributed by atoms with Gasteiger partial charge in [0.1, 0.15) is 5.75 Å². The van der Waals surface area contributed by atoms with Crippen molar-refractivity contribution in [2.45, 2.75) is 6.92 Å². The van der Waals surface area contributed by atoms with Crippen molar-refractivity contribution in [3.05, 3.63) is 47.8 Å². The minimum absolute atomic E-state index is 0.627. The first-order valence-electron chi connectivity index (χ1n) is 5.26. The topological polar surface area (TPSA) is 45.9 Å². The van der Waals surface area contributed by atoms with Gasteiger partial charge in [0.2, 0.25) is 0 Å². The number of aromatic nitrogens is 1. The lowest BCUT2D eigenvalue weighted by molar-refractivity contribution is 0.415. The van der Waals surface area contributed by atoms with E-state index in [1.54, 1.807) is 25.4 Å². The summed E-state index contributed by atoms with van der Waals surface area (Å²) in [5.74, 6) is 0.738. The maximum Gasteiger partial charge on any atom is 0.119 e. The number of methoxy groups -OCH3 is 1. The quantitative estimate of drug-likeness (QED) is 0.787. The normalized spacial score (nSPS) is 9.71. The maximum absolute atomic E-state index is 9.12. The van der Waals surface area contributed by atoms with Crippen molar-refractivity contribution < 1.29 is 4.74 Å². The van der Waals surface area contributed by atoms with Crippen LogP contribution in [-0.4, -0.2) is 12.1 Å². The predicted octanol–water partition coefficient (Wildman–Crippen LogP) is 2.94. The van der Waals surface area contributed by atoms with Gasteiger partial charge in [0.25, 0.3) is 0 Å². The van der Waals surface area contributed by atoms with E-state index in [0.29, 0.717) is 5.56 Å². The molecule has 17 heavy (non-hydrogen) atoms. The summed E-state index contributed by atoms with van der Waals surface area (Å²) in [7, 11) is 1.61. The van der Waals surface area contributed by atoms with Gasteiger partial charge in [0, 0.05) is 23.0 Å². The van der Waals surface area contributed by atoms with Gasteiger partial charge in [-0.05, 0) is 31.2 Å². The van der Waals surface area contributed by atoms with Crippen molar-refractivity contribution in [2.24, 2.45) is 0 Å². The molecule has 0 aliphatic carbocycles. The van der Waals surface area contributed by atoms with E-state index in [2.05, 4.69) is 11.1 Å². The second-order valence-electron chi connectivity index (χ2n) is 3.66. The minimum Gasteiger partial charge on any atom is -0.497 e. The SMILES string of the molecule is COc1ccc(C#N)c(-c2cccnc2C)c1. The summed E-state index contributed by atoms with van der Waals surface area (Å²) in [6.07, 6.45) is 1.74. The highest BCUT2D eigenvalue weighted by molar-refractivity contribution is 5.73. The second-order valence-corrected chi connectivity index (χ2v) is 3.66. The molecule has 3 nitrogen and oxygen atoms in total. The zero-order valence-corrected chi connectivity index (χ0v) is 9.77. The van der Waals surface area contributed by atoms with Crippen LogP contribution in [0.2, 0.25) is 0 Å². The summed E-state index contributed by atoms with van der Waals surface area (Å²) in [5, 5.41) is 9.12. The predicted molar refractivity (Wildman–Crippen MR) is 65.7 cm³/mol. The third-order valence-corrected chi connectivity index (χ3v) is 2.64. The number of hydrogen-bond donors (Lipinski definition) is 0. The minimum atomic E-state index is 0.627. The Morgan fingerprint density at radius 3 is 2.71 bits per heavy atom. The Kier molecular flexibility index (Phi) is 3.06. The summed E-state index contributed by atoms with van der Waals surface area (Å²) in [4.78, 5) is 4.24. The Bertz CT molecular complexity index is 585. The molecule has 0 radical (unpaired) electrons. The van der Waals surface area contributed by atoms with Gasteiger partial charge in [-0.25, -0.2) is 0 Å². The van der Waals surface area contributed by atoms with E-state index in [1.165, 1.54) is 0 Å². The lowest BCUT2D eigenvalue weighted by Gasteiger charge is -2.08. The molecular formula is C14H12N2O. The van der Waals surface area contributed by atoms with Crippen LogP contribution in [0.15, 0.2) is 36.5 Å². The summed E-state index contributed by atoms with van der Waals surface area (Å²) < 4.78 is 5.19. The van der Waals surface area contributed by atoms with Crippen LogP contribution >= 0.6 is 0 Å². The number of benzene rings is 1. The molecule has 0 amide bonds. The molecule has 0 saturated heterocycles. The molecule has 0 aliphatic heterocycles. The van der Waals surface area contributed by atoms with Gasteiger partial charge < -0.3 is 4.74 Å². The Balaban J connectivity index is 2.66. The molecule has 1 heterocycles. The standard InChI is InChI=1S/C14H12N2O/c1-10-13(4-3-7-16-10)14-8-12(17-2)6-5-11(14)9-15/h3-8H,1-2H3. The molecule has 0 spiro atoms. The zero-order chi connectivity index (χ0) is 12.3. The highest BCUT2D eigenvalue weighted by Crippen LogP contribution is 2.28. The van der Waals surface area contributed by atoms with Gasteiger partial charge in [-0.2, -0.15) is 5.26 Å². The van der Waals surface area contributed by atoms with E-state index < -0.39 is 0 Å². The molecule has 2 rings (SSSR count). The number of rotatable bonds is 2. The highest BCUT2D eigenvalue weighted by Gasteiger charge is 2.09. The van der Waals surface area contributed by atoms with Crippen LogP contribution in [0.5, 0.6) is 5.75 Å². The fourth-order valence-corrected chi connectivity index (χ4v) is 1.74. The van der Waals surface area contributed by atoms with Crippen molar-refractivity contribution in [3.63, 3.8) is 0 Å². The number of aryl methyl sites for hydroxylation is 1. The summed E-state index contributed by atoms with van der Waals surface area (Å²) in [6.45, 7) is 1.93. The van der Waals surface area contributed by atoms with E-state index in [0.717, 1.165) is 22.6 Å². The van der Waals surface area contributed by atoms with Gasteiger partial charge in [0.15, 0.2) is 0 Å². The van der Waals surface area contributed by atoms with Gasteiger partial charge in [-0.3, -0.25) is 4.98 Å². The van der Waals surface area contributed by atoms with Crippen LogP contribution in [0, 0.1) is 18.3 Å². The lowest BCUT2D eigenvalue weighted by atomic mass is 9.99. The average Bonchev–Trinajstić information content (AvgIpc) is 2.38. The van der Waals surface area contributed by atoms with Crippen molar-refractivity contribution in [1.82, 2.24) is 4.98 Å². The first-order valence-corrected chi connectivity index (χ1v) is 5.26. The molecule has 1 aromatic carbocycles. The number of ether oxygens (including phenoxy) is 1. The third-order valence-electron chi connectivity index (χ3n) is 2.64. The molecule has 3 heteroatoms. The van der Waals surface area contributed by atoms with Crippen LogP contribution in [0.25, 0.3) is 11.1 Å². The molecule has 0 unspecified atom stereocenters. The van der Waals surface area contributed by atoms with Crippen molar-refractivity contribution in [1.29, 1.82) is 5.26 Å². The van der Waals surface area contributed by atoms with E-state index in [1.807, 2.05) is 25.1 Å². The summed E-state index contributed by atoms with van der Waals surface area (Å²) in [6, 6.07) is 11.4. The van der Waals surface area contributed by atoms with E-state index in [4.69, 9.17) is 10.00 Å². The average molecular weight is 224 g/mol. The Morgan fingerprint density at radius 1 is 1.24 bits per heavy atom. The number of nitriles is 1. The van der Waals surface area contributed by atoms with E-state index in [9.17, 15) is 0 Å². The first-order chi connectivity index (χ1) is 8.26. The van der Waals surface area contributed by atoms with E-state index in [-0.39, 0.29) is 0 Å². The van der Waals surface area contributed by atoms with Gasteiger partial charge >= 0.3 is 0 Å². The zero-order valence-electron chi connectivity index (χ0n) is 9.77. The van der Waals surface area contributed by atoms with Crippen LogP contribution in [0.3, 0.4) is 0 Å². The first kappa shape index (κ1) is 11.2. The monoisotopic (exact) mass is 224 g/mol. The molecule has 0 aliphatic rings. The van der Waals surface area contributed by atoms with Crippen molar-refractivity contribution >= 4 is 0 Å². The van der Waals surface area contributed by atoms with Gasteiger partial charge in [-0.15, -0.1) is 0 Å².